The number of carbonyl (C=O) groups excluding carboxylic acids is 1. The molecular weight excluding hydrogens is 242 g/mol. The zero-order valence-corrected chi connectivity index (χ0v) is 10.6. The lowest BCUT2D eigenvalue weighted by atomic mass is 10.0. The molecule has 7 heteroatoms. The van der Waals surface area contributed by atoms with E-state index in [2.05, 4.69) is 10.6 Å². The van der Waals surface area contributed by atoms with Crippen LogP contribution < -0.4 is 10.6 Å². The molecule has 1 saturated heterocycles. The van der Waals surface area contributed by atoms with Crippen LogP contribution in [0.3, 0.4) is 0 Å². The summed E-state index contributed by atoms with van der Waals surface area (Å²) in [4.78, 5) is 11.3. The van der Waals surface area contributed by atoms with Crippen molar-refractivity contribution in [1.29, 1.82) is 5.26 Å². The molecule has 1 atom stereocenters. The van der Waals surface area contributed by atoms with Crippen molar-refractivity contribution >= 4 is 15.7 Å². The Morgan fingerprint density at radius 1 is 1.53 bits per heavy atom. The lowest BCUT2D eigenvalue weighted by molar-refractivity contribution is -0.120. The Hall–Kier alpha value is -1.13. The number of nitrogens with one attached hydrogen (secondary N) is 2. The second kappa shape index (κ2) is 5.47. The topological polar surface area (TPSA) is 99.1 Å². The number of nitriles is 1. The average Bonchev–Trinajstić information content (AvgIpc) is 2.52. The highest BCUT2D eigenvalue weighted by Gasteiger charge is 2.38. The quantitative estimate of drug-likeness (QED) is 0.629. The van der Waals surface area contributed by atoms with E-state index in [1.54, 1.807) is 6.92 Å². The van der Waals surface area contributed by atoms with E-state index >= 15 is 0 Å². The summed E-state index contributed by atoms with van der Waals surface area (Å²) in [5.41, 5.74) is -0.509. The molecule has 2 N–H and O–H groups in total. The number of carbonyl (C=O) groups is 1. The second-order valence-corrected chi connectivity index (χ2v) is 6.70. The van der Waals surface area contributed by atoms with Crippen LogP contribution in [0.4, 0.5) is 0 Å². The number of amides is 1. The fourth-order valence-corrected chi connectivity index (χ4v) is 3.89. The van der Waals surface area contributed by atoms with E-state index in [0.717, 1.165) is 0 Å². The van der Waals surface area contributed by atoms with Crippen molar-refractivity contribution in [2.45, 2.75) is 25.3 Å². The Kier molecular flexibility index (Phi) is 4.48. The average molecular weight is 259 g/mol. The third-order valence-electron chi connectivity index (χ3n) is 2.74. The van der Waals surface area contributed by atoms with Crippen LogP contribution in [0.5, 0.6) is 0 Å². The molecule has 17 heavy (non-hydrogen) atoms. The number of hydrogen-bond donors (Lipinski definition) is 2. The summed E-state index contributed by atoms with van der Waals surface area (Å²) in [6.45, 7) is 2.21. The Balaban J connectivity index is 2.31. The molecule has 0 aromatic carbocycles. The fraction of sp³-hybridized carbons (Fsp3) is 0.800. The van der Waals surface area contributed by atoms with E-state index in [1.807, 2.05) is 6.07 Å². The highest BCUT2D eigenvalue weighted by molar-refractivity contribution is 7.91. The summed E-state index contributed by atoms with van der Waals surface area (Å²) in [7, 11) is -2.96. The summed E-state index contributed by atoms with van der Waals surface area (Å²) < 4.78 is 22.7. The molecule has 0 bridgehead atoms. The molecule has 1 rings (SSSR count). The molecule has 1 aliphatic rings. The molecule has 1 unspecified atom stereocenters. The summed E-state index contributed by atoms with van der Waals surface area (Å²) in [6.07, 6.45) is 0.804. The van der Waals surface area contributed by atoms with Crippen LogP contribution in [-0.4, -0.2) is 44.5 Å². The Bertz CT molecular complexity index is 427. The van der Waals surface area contributed by atoms with Crippen LogP contribution in [0.2, 0.25) is 0 Å². The molecule has 0 radical (unpaired) electrons. The van der Waals surface area contributed by atoms with Gasteiger partial charge in [-0.3, -0.25) is 4.79 Å². The van der Waals surface area contributed by atoms with Gasteiger partial charge in [-0.1, -0.05) is 0 Å². The van der Waals surface area contributed by atoms with E-state index < -0.39 is 15.4 Å². The van der Waals surface area contributed by atoms with E-state index in [9.17, 15) is 13.2 Å². The summed E-state index contributed by atoms with van der Waals surface area (Å²) in [6, 6.07) is 1.92. The number of rotatable bonds is 5. The molecule has 1 fully saturated rings. The SMILES string of the molecule is CC1(NCC(=O)NCCC#N)CCS(=O)(=O)C1. The number of sulfone groups is 1. The van der Waals surface area contributed by atoms with Gasteiger partial charge >= 0.3 is 0 Å². The maximum Gasteiger partial charge on any atom is 0.234 e. The molecule has 1 amide bonds. The summed E-state index contributed by atoms with van der Waals surface area (Å²) in [5, 5.41) is 13.8. The van der Waals surface area contributed by atoms with Crippen LogP contribution in [0, 0.1) is 11.3 Å². The van der Waals surface area contributed by atoms with Crippen molar-refractivity contribution < 1.29 is 13.2 Å². The highest BCUT2D eigenvalue weighted by atomic mass is 32.2. The van der Waals surface area contributed by atoms with Crippen molar-refractivity contribution in [2.75, 3.05) is 24.6 Å². The largest absolute Gasteiger partial charge is 0.354 e. The summed E-state index contributed by atoms with van der Waals surface area (Å²) in [5.74, 6) is 0.0312. The minimum absolute atomic E-state index is 0.0749. The zero-order valence-electron chi connectivity index (χ0n) is 9.82. The van der Waals surface area contributed by atoms with Crippen molar-refractivity contribution in [3.63, 3.8) is 0 Å². The molecule has 0 aliphatic carbocycles. The van der Waals surface area contributed by atoms with Crippen molar-refractivity contribution in [3.05, 3.63) is 0 Å². The van der Waals surface area contributed by atoms with E-state index in [1.165, 1.54) is 0 Å². The monoisotopic (exact) mass is 259 g/mol. The van der Waals surface area contributed by atoms with Gasteiger partial charge in [-0.25, -0.2) is 8.42 Å². The highest BCUT2D eigenvalue weighted by Crippen LogP contribution is 2.22. The van der Waals surface area contributed by atoms with Gasteiger partial charge in [-0.05, 0) is 13.3 Å². The lowest BCUT2D eigenvalue weighted by Crippen LogP contribution is -2.48. The Morgan fingerprint density at radius 3 is 2.76 bits per heavy atom. The third-order valence-corrected chi connectivity index (χ3v) is 4.64. The predicted octanol–water partition coefficient (Wildman–Crippen LogP) is -0.817. The van der Waals surface area contributed by atoms with Gasteiger partial charge in [0.25, 0.3) is 0 Å². The lowest BCUT2D eigenvalue weighted by Gasteiger charge is -2.23. The van der Waals surface area contributed by atoms with Gasteiger partial charge in [0.2, 0.25) is 5.91 Å². The smallest absolute Gasteiger partial charge is 0.234 e. The van der Waals surface area contributed by atoms with Crippen LogP contribution in [0.1, 0.15) is 19.8 Å². The molecule has 0 aromatic heterocycles. The number of hydrogen-bond acceptors (Lipinski definition) is 5. The van der Waals surface area contributed by atoms with Crippen LogP contribution in [0.15, 0.2) is 0 Å². The maximum absolute atomic E-state index is 11.3. The first-order valence-electron chi connectivity index (χ1n) is 5.46. The van der Waals surface area contributed by atoms with Gasteiger partial charge in [-0.2, -0.15) is 5.26 Å². The van der Waals surface area contributed by atoms with Crippen molar-refractivity contribution in [2.24, 2.45) is 0 Å². The van der Waals surface area contributed by atoms with Crippen LogP contribution in [0.25, 0.3) is 0 Å². The normalized spacial score (nSPS) is 26.4. The van der Waals surface area contributed by atoms with E-state index in [4.69, 9.17) is 5.26 Å². The first-order valence-corrected chi connectivity index (χ1v) is 7.28. The molecule has 0 saturated carbocycles. The van der Waals surface area contributed by atoms with Gasteiger partial charge < -0.3 is 10.6 Å². The molecule has 1 heterocycles. The first kappa shape index (κ1) is 13.9. The zero-order chi connectivity index (χ0) is 12.9. The first-order chi connectivity index (χ1) is 7.87. The summed E-state index contributed by atoms with van der Waals surface area (Å²) >= 11 is 0. The minimum Gasteiger partial charge on any atom is -0.354 e. The molecule has 96 valence electrons. The van der Waals surface area contributed by atoms with Crippen LogP contribution in [-0.2, 0) is 14.6 Å². The Morgan fingerprint density at radius 2 is 2.24 bits per heavy atom. The molecular formula is C10H17N3O3S. The van der Waals surface area contributed by atoms with E-state index in [-0.39, 0.29) is 30.4 Å². The molecule has 0 spiro atoms. The van der Waals surface area contributed by atoms with Gasteiger partial charge in [0, 0.05) is 12.1 Å². The van der Waals surface area contributed by atoms with Gasteiger partial charge in [0.15, 0.2) is 9.84 Å². The fourth-order valence-electron chi connectivity index (χ4n) is 1.76. The van der Waals surface area contributed by atoms with Crippen molar-refractivity contribution in [3.8, 4) is 6.07 Å². The minimum atomic E-state index is -2.96. The maximum atomic E-state index is 11.3. The van der Waals surface area contributed by atoms with Crippen LogP contribution >= 0.6 is 0 Å². The van der Waals surface area contributed by atoms with Gasteiger partial charge in [-0.15, -0.1) is 0 Å². The molecule has 1 aliphatic heterocycles. The Labute approximate surface area is 101 Å². The molecule has 6 nitrogen and oxygen atoms in total. The number of nitrogens with zero attached hydrogens (tertiary/aromatic N) is 1. The van der Waals surface area contributed by atoms with Gasteiger partial charge in [0.1, 0.15) is 0 Å². The molecule has 0 aromatic rings. The third kappa shape index (κ3) is 4.71. The van der Waals surface area contributed by atoms with E-state index in [0.29, 0.717) is 13.0 Å². The van der Waals surface area contributed by atoms with Crippen molar-refractivity contribution in [1.82, 2.24) is 10.6 Å². The second-order valence-electron chi connectivity index (χ2n) is 4.51. The predicted molar refractivity (Wildman–Crippen MR) is 62.9 cm³/mol. The van der Waals surface area contributed by atoms with Gasteiger partial charge in [0.05, 0.1) is 30.5 Å². The standard InChI is InChI=1S/C10H17N3O3S/c1-10(3-6-17(15,16)8-10)13-7-9(14)12-5-2-4-11/h13H,2-3,5-8H2,1H3,(H,12,14).